The van der Waals surface area contributed by atoms with Gasteiger partial charge in [0, 0.05) is 6.54 Å². The highest BCUT2D eigenvalue weighted by molar-refractivity contribution is 7.20. The van der Waals surface area contributed by atoms with E-state index in [1.54, 1.807) is 11.3 Å². The van der Waals surface area contributed by atoms with Crippen LogP contribution in [0.1, 0.15) is 12.8 Å². The first kappa shape index (κ1) is 13.7. The highest BCUT2D eigenvalue weighted by Gasteiger charge is 2.14. The summed E-state index contributed by atoms with van der Waals surface area (Å²) in [6, 6.07) is 8.12. The standard InChI is InChI=1S/C18H18N2OS/c1-2-8-17-16(7-1)19-18(22-17)21-15-6-3-5-14(9-10-15)13-20-11-4-12-20/h1-2,5-10H,3-4,11-13H2. The maximum absolute atomic E-state index is 5.95. The molecule has 1 fully saturated rings. The molecule has 0 spiro atoms. The van der Waals surface area contributed by atoms with Crippen molar-refractivity contribution in [3.8, 4) is 5.19 Å². The fraction of sp³-hybridized carbons (Fsp3) is 0.278. The molecule has 0 saturated carbocycles. The van der Waals surface area contributed by atoms with Crippen LogP contribution >= 0.6 is 11.3 Å². The molecular formula is C18H18N2OS. The van der Waals surface area contributed by atoms with E-state index in [9.17, 15) is 0 Å². The lowest BCUT2D eigenvalue weighted by molar-refractivity contribution is 0.200. The van der Waals surface area contributed by atoms with E-state index in [1.165, 1.54) is 25.1 Å². The zero-order valence-electron chi connectivity index (χ0n) is 12.4. The molecule has 112 valence electrons. The largest absolute Gasteiger partial charge is 0.431 e. The van der Waals surface area contributed by atoms with Gasteiger partial charge in [-0.25, -0.2) is 4.98 Å². The fourth-order valence-corrected chi connectivity index (χ4v) is 3.47. The topological polar surface area (TPSA) is 25.4 Å². The normalized spacial score (nSPS) is 18.5. The quantitative estimate of drug-likeness (QED) is 0.848. The number of fused-ring (bicyclic) bond motifs is 1. The number of hydrogen-bond donors (Lipinski definition) is 0. The van der Waals surface area contributed by atoms with Crippen molar-refractivity contribution >= 4 is 21.6 Å². The second-order valence-electron chi connectivity index (χ2n) is 5.63. The van der Waals surface area contributed by atoms with Crippen LogP contribution in [0.15, 0.2) is 59.9 Å². The summed E-state index contributed by atoms with van der Waals surface area (Å²) in [5.41, 5.74) is 2.37. The minimum absolute atomic E-state index is 0.711. The Morgan fingerprint density at radius 2 is 2.05 bits per heavy atom. The van der Waals surface area contributed by atoms with Crippen molar-refractivity contribution in [3.05, 3.63) is 59.9 Å². The van der Waals surface area contributed by atoms with Gasteiger partial charge in [-0.2, -0.15) is 0 Å². The van der Waals surface area contributed by atoms with Crippen molar-refractivity contribution < 1.29 is 4.74 Å². The van der Waals surface area contributed by atoms with Gasteiger partial charge in [-0.1, -0.05) is 35.6 Å². The predicted molar refractivity (Wildman–Crippen MR) is 91.2 cm³/mol. The fourth-order valence-electron chi connectivity index (χ4n) is 2.64. The summed E-state index contributed by atoms with van der Waals surface area (Å²) in [7, 11) is 0. The minimum Gasteiger partial charge on any atom is -0.431 e. The minimum atomic E-state index is 0.711. The number of allylic oxidation sites excluding steroid dienone is 3. The lowest BCUT2D eigenvalue weighted by atomic mass is 10.1. The van der Waals surface area contributed by atoms with Crippen molar-refractivity contribution in [2.75, 3.05) is 19.6 Å². The first-order valence-electron chi connectivity index (χ1n) is 7.70. The van der Waals surface area contributed by atoms with Crippen molar-refractivity contribution in [3.63, 3.8) is 0 Å². The lowest BCUT2D eigenvalue weighted by Crippen LogP contribution is -2.38. The van der Waals surface area contributed by atoms with Crippen LogP contribution in [0.3, 0.4) is 0 Å². The van der Waals surface area contributed by atoms with E-state index in [2.05, 4.69) is 40.3 Å². The zero-order chi connectivity index (χ0) is 14.8. The molecule has 1 aliphatic carbocycles. The summed E-state index contributed by atoms with van der Waals surface area (Å²) >= 11 is 1.59. The Hall–Kier alpha value is -1.91. The number of hydrogen-bond acceptors (Lipinski definition) is 4. The second kappa shape index (κ2) is 6.07. The SMILES string of the molecule is C1=CC(Oc2nc3ccccc3s2)=CCC=C1CN1CCC1. The van der Waals surface area contributed by atoms with Gasteiger partial charge in [0.15, 0.2) is 0 Å². The van der Waals surface area contributed by atoms with Gasteiger partial charge in [0.1, 0.15) is 5.76 Å². The van der Waals surface area contributed by atoms with Crippen LogP contribution in [0.4, 0.5) is 0 Å². The highest BCUT2D eigenvalue weighted by Crippen LogP contribution is 2.29. The molecule has 3 nitrogen and oxygen atoms in total. The molecule has 2 aliphatic rings. The molecule has 1 aliphatic heterocycles. The maximum atomic E-state index is 5.95. The van der Waals surface area contributed by atoms with Gasteiger partial charge in [0.2, 0.25) is 0 Å². The molecule has 0 amide bonds. The van der Waals surface area contributed by atoms with Crippen molar-refractivity contribution in [1.29, 1.82) is 0 Å². The molecule has 0 atom stereocenters. The Morgan fingerprint density at radius 3 is 2.86 bits per heavy atom. The number of para-hydroxylation sites is 1. The van der Waals surface area contributed by atoms with E-state index in [0.717, 1.165) is 28.9 Å². The van der Waals surface area contributed by atoms with Crippen LogP contribution in [0.2, 0.25) is 0 Å². The molecule has 4 rings (SSSR count). The third-order valence-electron chi connectivity index (χ3n) is 4.00. The predicted octanol–water partition coefficient (Wildman–Crippen LogP) is 4.15. The molecule has 4 heteroatoms. The van der Waals surface area contributed by atoms with Crippen LogP contribution in [-0.4, -0.2) is 29.5 Å². The van der Waals surface area contributed by atoms with Crippen LogP contribution in [0.5, 0.6) is 5.19 Å². The molecule has 0 N–H and O–H groups in total. The van der Waals surface area contributed by atoms with E-state index < -0.39 is 0 Å². The van der Waals surface area contributed by atoms with Crippen molar-refractivity contribution in [2.24, 2.45) is 0 Å². The third-order valence-corrected chi connectivity index (χ3v) is 4.91. The number of ether oxygens (including phenoxy) is 1. The number of aromatic nitrogens is 1. The van der Waals surface area contributed by atoms with E-state index in [0.29, 0.717) is 5.19 Å². The summed E-state index contributed by atoms with van der Waals surface area (Å²) in [5, 5.41) is 0.711. The molecular weight excluding hydrogens is 292 g/mol. The van der Waals surface area contributed by atoms with Gasteiger partial charge in [0.25, 0.3) is 5.19 Å². The summed E-state index contributed by atoms with van der Waals surface area (Å²) in [4.78, 5) is 6.99. The Labute approximate surface area is 134 Å². The molecule has 0 bridgehead atoms. The summed E-state index contributed by atoms with van der Waals surface area (Å²) in [6.45, 7) is 3.51. The first-order valence-corrected chi connectivity index (χ1v) is 8.51. The highest BCUT2D eigenvalue weighted by atomic mass is 32.1. The molecule has 2 heterocycles. The van der Waals surface area contributed by atoms with Crippen molar-refractivity contribution in [2.45, 2.75) is 12.8 Å². The van der Waals surface area contributed by atoms with Gasteiger partial charge >= 0.3 is 0 Å². The van der Waals surface area contributed by atoms with Gasteiger partial charge in [-0.05, 0) is 55.8 Å². The van der Waals surface area contributed by atoms with E-state index in [4.69, 9.17) is 4.74 Å². The second-order valence-corrected chi connectivity index (χ2v) is 6.63. The van der Waals surface area contributed by atoms with Gasteiger partial charge in [-0.3, -0.25) is 4.90 Å². The summed E-state index contributed by atoms with van der Waals surface area (Å²) in [5.74, 6) is 0.883. The maximum Gasteiger partial charge on any atom is 0.279 e. The van der Waals surface area contributed by atoms with E-state index in [1.807, 2.05) is 18.2 Å². The zero-order valence-corrected chi connectivity index (χ0v) is 13.2. The number of nitrogens with zero attached hydrogens (tertiary/aromatic N) is 2. The Kier molecular flexibility index (Phi) is 3.79. The monoisotopic (exact) mass is 310 g/mol. The van der Waals surface area contributed by atoms with Gasteiger partial charge in [-0.15, -0.1) is 0 Å². The average molecular weight is 310 g/mol. The lowest BCUT2D eigenvalue weighted by Gasteiger charge is -2.30. The van der Waals surface area contributed by atoms with E-state index in [-0.39, 0.29) is 0 Å². The van der Waals surface area contributed by atoms with Gasteiger partial charge < -0.3 is 4.74 Å². The molecule has 0 radical (unpaired) electrons. The summed E-state index contributed by atoms with van der Waals surface area (Å²) in [6.07, 6.45) is 10.9. The van der Waals surface area contributed by atoms with E-state index >= 15 is 0 Å². The Balaban J connectivity index is 1.44. The Bertz CT molecular complexity index is 735. The van der Waals surface area contributed by atoms with Gasteiger partial charge in [0.05, 0.1) is 10.2 Å². The molecule has 1 aromatic heterocycles. The molecule has 1 saturated heterocycles. The molecule has 2 aromatic rings. The first-order chi connectivity index (χ1) is 10.9. The van der Waals surface area contributed by atoms with Crippen LogP contribution in [-0.2, 0) is 0 Å². The number of likely N-dealkylation sites (tertiary alicyclic amines) is 1. The number of thiazole rings is 1. The molecule has 0 unspecified atom stereocenters. The van der Waals surface area contributed by atoms with Crippen LogP contribution < -0.4 is 4.74 Å². The number of benzene rings is 1. The van der Waals surface area contributed by atoms with Crippen LogP contribution in [0, 0.1) is 0 Å². The van der Waals surface area contributed by atoms with Crippen molar-refractivity contribution in [1.82, 2.24) is 9.88 Å². The van der Waals surface area contributed by atoms with Crippen LogP contribution in [0.25, 0.3) is 10.2 Å². The summed E-state index contributed by atoms with van der Waals surface area (Å²) < 4.78 is 7.11. The molecule has 22 heavy (non-hydrogen) atoms. The number of rotatable bonds is 4. The third kappa shape index (κ3) is 2.98. The molecule has 1 aromatic carbocycles. The smallest absolute Gasteiger partial charge is 0.279 e. The Morgan fingerprint density at radius 1 is 1.14 bits per heavy atom. The average Bonchev–Trinajstić information content (AvgIpc) is 2.76.